The number of nitrogens with one attached hydrogen (secondary N) is 1. The standard InChI is InChI=1S/C21H26ClNO3/c1-2-14-4-3-5-17(7-14)23-18(24)12-26-19(25)20-8-15-6-16(9-20)11-21(22,10-15)13-20/h3-5,7,15-16H,2,6,8-13H2,1H3,(H,23,24)/t15-,16+,20?,21?. The molecular weight excluding hydrogens is 350 g/mol. The molecule has 2 unspecified atom stereocenters. The van der Waals surface area contributed by atoms with Crippen molar-refractivity contribution in [2.45, 2.75) is 56.7 Å². The molecule has 140 valence electrons. The summed E-state index contributed by atoms with van der Waals surface area (Å²) in [7, 11) is 0. The lowest BCUT2D eigenvalue weighted by atomic mass is 9.49. The Morgan fingerprint density at radius 1 is 1.23 bits per heavy atom. The predicted molar refractivity (Wildman–Crippen MR) is 101 cm³/mol. The van der Waals surface area contributed by atoms with Gasteiger partial charge in [-0.05, 0) is 74.5 Å². The first kappa shape index (κ1) is 17.8. The lowest BCUT2D eigenvalue weighted by Crippen LogP contribution is -2.56. The van der Waals surface area contributed by atoms with Gasteiger partial charge in [-0.25, -0.2) is 0 Å². The minimum atomic E-state index is -0.464. The van der Waals surface area contributed by atoms with Crippen molar-refractivity contribution in [1.29, 1.82) is 0 Å². The molecule has 0 spiro atoms. The topological polar surface area (TPSA) is 55.4 Å². The Hall–Kier alpha value is -1.55. The average Bonchev–Trinajstić information content (AvgIpc) is 2.57. The molecule has 0 aliphatic heterocycles. The molecule has 1 N–H and O–H groups in total. The summed E-state index contributed by atoms with van der Waals surface area (Å²) in [5, 5.41) is 2.81. The van der Waals surface area contributed by atoms with Crippen LogP contribution in [0.25, 0.3) is 0 Å². The number of alkyl halides is 1. The van der Waals surface area contributed by atoms with Crippen molar-refractivity contribution in [2.75, 3.05) is 11.9 Å². The van der Waals surface area contributed by atoms with Gasteiger partial charge in [-0.15, -0.1) is 11.6 Å². The van der Waals surface area contributed by atoms with Crippen molar-refractivity contribution in [1.82, 2.24) is 0 Å². The first-order valence-corrected chi connectivity index (χ1v) is 10.0. The van der Waals surface area contributed by atoms with Gasteiger partial charge < -0.3 is 10.1 Å². The number of carbonyl (C=O) groups excluding carboxylic acids is 2. The molecule has 4 bridgehead atoms. The number of amides is 1. The van der Waals surface area contributed by atoms with Crippen molar-refractivity contribution < 1.29 is 14.3 Å². The number of anilines is 1. The fourth-order valence-corrected chi connectivity index (χ4v) is 6.43. The number of hydrogen-bond acceptors (Lipinski definition) is 3. The smallest absolute Gasteiger partial charge is 0.312 e. The lowest BCUT2D eigenvalue weighted by molar-refractivity contribution is -0.171. The SMILES string of the molecule is CCc1cccc(NC(=O)COC(=O)C23C[C@@H]4C[C@@H](CC(Cl)(C4)C2)C3)c1. The highest BCUT2D eigenvalue weighted by molar-refractivity contribution is 6.24. The molecule has 4 nitrogen and oxygen atoms in total. The van der Waals surface area contributed by atoms with E-state index in [1.54, 1.807) is 0 Å². The minimum absolute atomic E-state index is 0.228. The second kappa shape index (κ2) is 6.56. The summed E-state index contributed by atoms with van der Waals surface area (Å²) in [4.78, 5) is 24.8. The van der Waals surface area contributed by atoms with Gasteiger partial charge in [0.15, 0.2) is 6.61 Å². The number of halogens is 1. The molecular formula is C21H26ClNO3. The van der Waals surface area contributed by atoms with Crippen molar-refractivity contribution in [3.05, 3.63) is 29.8 Å². The van der Waals surface area contributed by atoms with Crippen LogP contribution in [0.4, 0.5) is 5.69 Å². The van der Waals surface area contributed by atoms with Crippen LogP contribution in [0.2, 0.25) is 0 Å². The van der Waals surface area contributed by atoms with Gasteiger partial charge in [0, 0.05) is 10.6 Å². The lowest BCUT2D eigenvalue weighted by Gasteiger charge is -2.58. The summed E-state index contributed by atoms with van der Waals surface area (Å²) >= 11 is 6.78. The van der Waals surface area contributed by atoms with Crippen LogP contribution in [0.1, 0.15) is 51.0 Å². The van der Waals surface area contributed by atoms with Gasteiger partial charge in [0.2, 0.25) is 0 Å². The highest BCUT2D eigenvalue weighted by Gasteiger charge is 2.60. The number of aryl methyl sites for hydroxylation is 1. The Morgan fingerprint density at radius 2 is 1.96 bits per heavy atom. The van der Waals surface area contributed by atoms with E-state index in [4.69, 9.17) is 16.3 Å². The van der Waals surface area contributed by atoms with Gasteiger partial charge >= 0.3 is 5.97 Å². The zero-order valence-corrected chi connectivity index (χ0v) is 16.0. The first-order valence-electron chi connectivity index (χ1n) is 9.65. The van der Waals surface area contributed by atoms with E-state index >= 15 is 0 Å². The second-order valence-electron chi connectivity index (χ2n) is 8.57. The minimum Gasteiger partial charge on any atom is -0.455 e. The van der Waals surface area contributed by atoms with Crippen LogP contribution in [-0.2, 0) is 20.7 Å². The molecule has 0 radical (unpaired) electrons. The molecule has 4 aliphatic rings. The van der Waals surface area contributed by atoms with E-state index in [9.17, 15) is 9.59 Å². The fourth-order valence-electron chi connectivity index (χ4n) is 5.74. The molecule has 1 aromatic carbocycles. The summed E-state index contributed by atoms with van der Waals surface area (Å²) in [5.41, 5.74) is 1.43. The van der Waals surface area contributed by atoms with E-state index < -0.39 is 5.41 Å². The van der Waals surface area contributed by atoms with E-state index in [1.165, 1.54) is 6.42 Å². The van der Waals surface area contributed by atoms with E-state index in [-0.39, 0.29) is 23.4 Å². The van der Waals surface area contributed by atoms with E-state index in [0.717, 1.165) is 43.4 Å². The van der Waals surface area contributed by atoms with E-state index in [1.807, 2.05) is 24.3 Å². The third-order valence-corrected chi connectivity index (χ3v) is 6.82. The quantitative estimate of drug-likeness (QED) is 0.616. The molecule has 4 aliphatic carbocycles. The van der Waals surface area contributed by atoms with E-state index in [0.29, 0.717) is 18.3 Å². The predicted octanol–water partition coefficient (Wildman–Crippen LogP) is 4.31. The molecule has 0 heterocycles. The number of ether oxygens (including phenoxy) is 1. The largest absolute Gasteiger partial charge is 0.455 e. The van der Waals surface area contributed by atoms with Crippen LogP contribution in [0.15, 0.2) is 24.3 Å². The average molecular weight is 376 g/mol. The highest BCUT2D eigenvalue weighted by atomic mass is 35.5. The summed E-state index contributed by atoms with van der Waals surface area (Å²) in [6, 6.07) is 7.71. The number of hydrogen-bond donors (Lipinski definition) is 1. The molecule has 26 heavy (non-hydrogen) atoms. The Bertz CT molecular complexity index is 718. The second-order valence-corrected chi connectivity index (χ2v) is 9.37. The summed E-state index contributed by atoms with van der Waals surface area (Å²) in [5.74, 6) is 0.546. The van der Waals surface area contributed by atoms with Gasteiger partial charge in [0.05, 0.1) is 5.41 Å². The van der Waals surface area contributed by atoms with Gasteiger partial charge in [0.1, 0.15) is 0 Å². The summed E-state index contributed by atoms with van der Waals surface area (Å²) in [6.45, 7) is 1.83. The van der Waals surface area contributed by atoms with Crippen LogP contribution in [-0.4, -0.2) is 23.4 Å². The summed E-state index contributed by atoms with van der Waals surface area (Å²) < 4.78 is 5.45. The number of benzene rings is 1. The number of carbonyl (C=O) groups is 2. The molecule has 0 aromatic heterocycles. The number of esters is 1. The van der Waals surface area contributed by atoms with E-state index in [2.05, 4.69) is 12.2 Å². The van der Waals surface area contributed by atoms with Crippen LogP contribution in [0.5, 0.6) is 0 Å². The zero-order chi connectivity index (χ0) is 18.4. The van der Waals surface area contributed by atoms with Gasteiger partial charge in [-0.2, -0.15) is 0 Å². The monoisotopic (exact) mass is 375 g/mol. The molecule has 1 aromatic rings. The molecule has 4 saturated carbocycles. The first-order chi connectivity index (χ1) is 12.4. The molecule has 4 fully saturated rings. The maximum Gasteiger partial charge on any atom is 0.312 e. The highest BCUT2D eigenvalue weighted by Crippen LogP contribution is 2.64. The van der Waals surface area contributed by atoms with Crippen molar-refractivity contribution in [3.8, 4) is 0 Å². The Kier molecular flexibility index (Phi) is 4.50. The third-order valence-electron chi connectivity index (χ3n) is 6.38. The Labute approximate surface area is 159 Å². The molecule has 0 saturated heterocycles. The maximum absolute atomic E-state index is 12.8. The van der Waals surface area contributed by atoms with Crippen LogP contribution < -0.4 is 5.32 Å². The van der Waals surface area contributed by atoms with Gasteiger partial charge in [-0.3, -0.25) is 9.59 Å². The molecule has 5 rings (SSSR count). The van der Waals surface area contributed by atoms with Gasteiger partial charge in [-0.1, -0.05) is 19.1 Å². The van der Waals surface area contributed by atoms with Crippen molar-refractivity contribution in [3.63, 3.8) is 0 Å². The van der Waals surface area contributed by atoms with Crippen molar-refractivity contribution in [2.24, 2.45) is 17.3 Å². The Morgan fingerprint density at radius 3 is 2.62 bits per heavy atom. The molecule has 4 atom stereocenters. The van der Waals surface area contributed by atoms with Crippen LogP contribution in [0.3, 0.4) is 0 Å². The Balaban J connectivity index is 1.36. The third kappa shape index (κ3) is 3.36. The zero-order valence-electron chi connectivity index (χ0n) is 15.2. The fraction of sp³-hybridized carbons (Fsp3) is 0.619. The van der Waals surface area contributed by atoms with Crippen LogP contribution in [0, 0.1) is 17.3 Å². The summed E-state index contributed by atoms with van der Waals surface area (Å²) in [6.07, 6.45) is 6.59. The number of rotatable bonds is 5. The maximum atomic E-state index is 12.8. The molecule has 1 amide bonds. The molecule has 5 heteroatoms. The van der Waals surface area contributed by atoms with Crippen LogP contribution >= 0.6 is 11.6 Å². The normalized spacial score (nSPS) is 34.5. The van der Waals surface area contributed by atoms with Crippen molar-refractivity contribution >= 4 is 29.2 Å². The van der Waals surface area contributed by atoms with Gasteiger partial charge in [0.25, 0.3) is 5.91 Å².